The van der Waals surface area contributed by atoms with Crippen LogP contribution in [0.4, 0.5) is 35.0 Å². The fraction of sp³-hybridized carbons (Fsp3) is 0.250. The Balaban J connectivity index is 0.000000617. The van der Waals surface area contributed by atoms with Crippen LogP contribution < -0.4 is 26.8 Å². The highest BCUT2D eigenvalue weighted by Crippen LogP contribution is 2.26. The zero-order chi connectivity index (χ0) is 33.4. The molecule has 0 unspecified atom stereocenters. The Morgan fingerprint density at radius 2 is 1.59 bits per heavy atom. The second-order valence-electron chi connectivity index (χ2n) is 10.5. The maximum atomic E-state index is 13.0. The third-order valence-corrected chi connectivity index (χ3v) is 7.71. The first kappa shape index (κ1) is 34.0. The Morgan fingerprint density at radius 3 is 2.20 bits per heavy atom. The molecule has 10 nitrogen and oxygen atoms in total. The van der Waals surface area contributed by atoms with E-state index in [4.69, 9.17) is 27.2 Å². The van der Waals surface area contributed by atoms with E-state index in [1.165, 1.54) is 4.68 Å². The molecule has 3 aromatic carbocycles. The number of piperidine rings is 1. The summed E-state index contributed by atoms with van der Waals surface area (Å²) in [5.41, 5.74) is 11.5. The molecule has 1 aliphatic heterocycles. The summed E-state index contributed by atoms with van der Waals surface area (Å²) in [6.45, 7) is 3.63. The van der Waals surface area contributed by atoms with Crippen molar-refractivity contribution in [2.45, 2.75) is 38.5 Å². The number of hydrogen-bond donors (Lipinski definition) is 4. The topological polar surface area (TPSA) is 143 Å². The van der Waals surface area contributed by atoms with Crippen LogP contribution in [0.1, 0.15) is 24.0 Å². The standard InChI is InChI=1S/C30H31ClN6O2.C2HF3O2/c1-20-23(19-37-29(38)28(31)27(18-33-37)36-16-14-24(32)15-17-36)8-5-9-26(20)35-30(39)34-25-12-10-22(11-13-25)21-6-3-2-4-7-21;3-2(4,5)1(6)7/h2-13,18,24H,14-17,19,32H2,1H3,(H2,34,35,39);(H,6,7). The molecule has 0 bridgehead atoms. The van der Waals surface area contributed by atoms with E-state index in [9.17, 15) is 22.8 Å². The summed E-state index contributed by atoms with van der Waals surface area (Å²) in [5, 5.41) is 17.5. The Labute approximate surface area is 267 Å². The molecule has 0 spiro atoms. The van der Waals surface area contributed by atoms with Crippen molar-refractivity contribution in [2.24, 2.45) is 5.73 Å². The summed E-state index contributed by atoms with van der Waals surface area (Å²) in [6, 6.07) is 23.1. The minimum atomic E-state index is -5.08. The van der Waals surface area contributed by atoms with Crippen molar-refractivity contribution < 1.29 is 27.9 Å². The number of alkyl halides is 3. The fourth-order valence-electron chi connectivity index (χ4n) is 4.74. The third-order valence-electron chi connectivity index (χ3n) is 7.35. The van der Waals surface area contributed by atoms with Gasteiger partial charge in [0.1, 0.15) is 5.02 Å². The molecule has 46 heavy (non-hydrogen) atoms. The van der Waals surface area contributed by atoms with Crippen LogP contribution in [0.2, 0.25) is 5.02 Å². The summed E-state index contributed by atoms with van der Waals surface area (Å²) < 4.78 is 33.1. The first-order valence-corrected chi connectivity index (χ1v) is 14.6. The van der Waals surface area contributed by atoms with E-state index >= 15 is 0 Å². The summed E-state index contributed by atoms with van der Waals surface area (Å²) in [4.78, 5) is 36.7. The number of urea groups is 1. The summed E-state index contributed by atoms with van der Waals surface area (Å²) in [5.74, 6) is -2.76. The average molecular weight is 657 g/mol. The molecule has 1 aromatic heterocycles. The molecule has 14 heteroatoms. The van der Waals surface area contributed by atoms with E-state index in [2.05, 4.69) is 20.6 Å². The number of carboxylic acid groups (broad SMARTS) is 1. The van der Waals surface area contributed by atoms with Crippen molar-refractivity contribution in [2.75, 3.05) is 28.6 Å². The molecule has 1 saturated heterocycles. The van der Waals surface area contributed by atoms with Crippen LogP contribution >= 0.6 is 11.6 Å². The second kappa shape index (κ2) is 14.9. The zero-order valence-corrected chi connectivity index (χ0v) is 25.5. The van der Waals surface area contributed by atoms with Gasteiger partial charge in [0.05, 0.1) is 18.4 Å². The molecule has 0 atom stereocenters. The SMILES string of the molecule is Cc1c(Cn2ncc(N3CCC(N)CC3)c(Cl)c2=O)cccc1NC(=O)Nc1ccc(-c2ccccc2)cc1.O=C(O)C(F)(F)F. The molecule has 242 valence electrons. The lowest BCUT2D eigenvalue weighted by Gasteiger charge is -2.32. The minimum Gasteiger partial charge on any atom is -0.475 e. The highest BCUT2D eigenvalue weighted by atomic mass is 35.5. The number of anilines is 3. The normalized spacial score (nSPS) is 13.4. The van der Waals surface area contributed by atoms with Crippen LogP contribution in [0.5, 0.6) is 0 Å². The first-order chi connectivity index (χ1) is 21.8. The van der Waals surface area contributed by atoms with Crippen molar-refractivity contribution in [3.8, 4) is 11.1 Å². The van der Waals surface area contributed by atoms with Gasteiger partial charge in [0.15, 0.2) is 0 Å². The van der Waals surface area contributed by atoms with Gasteiger partial charge in [-0.25, -0.2) is 14.3 Å². The van der Waals surface area contributed by atoms with Crippen LogP contribution in [0.15, 0.2) is 83.8 Å². The predicted molar refractivity (Wildman–Crippen MR) is 171 cm³/mol. The lowest BCUT2D eigenvalue weighted by molar-refractivity contribution is -0.192. The molecular weight excluding hydrogens is 625 g/mol. The highest BCUT2D eigenvalue weighted by molar-refractivity contribution is 6.33. The largest absolute Gasteiger partial charge is 0.490 e. The Morgan fingerprint density at radius 1 is 0.978 bits per heavy atom. The molecule has 1 aliphatic rings. The summed E-state index contributed by atoms with van der Waals surface area (Å²) >= 11 is 6.48. The molecule has 4 aromatic rings. The number of hydrogen-bond acceptors (Lipinski definition) is 6. The number of aliphatic carboxylic acids is 1. The molecular formula is C32H32ClF3N6O4. The van der Waals surface area contributed by atoms with E-state index in [0.717, 1.165) is 48.2 Å². The maximum absolute atomic E-state index is 13.0. The van der Waals surface area contributed by atoms with Gasteiger partial charge in [-0.1, -0.05) is 66.2 Å². The molecule has 2 amide bonds. The van der Waals surface area contributed by atoms with Crippen LogP contribution in [-0.4, -0.2) is 52.2 Å². The number of halogens is 4. The average Bonchev–Trinajstić information content (AvgIpc) is 3.02. The molecule has 1 fully saturated rings. The van der Waals surface area contributed by atoms with Crippen LogP contribution in [0.25, 0.3) is 11.1 Å². The second-order valence-corrected chi connectivity index (χ2v) is 10.9. The van der Waals surface area contributed by atoms with Crippen molar-refractivity contribution in [3.05, 3.63) is 105 Å². The van der Waals surface area contributed by atoms with E-state index in [0.29, 0.717) is 17.1 Å². The highest BCUT2D eigenvalue weighted by Gasteiger charge is 2.38. The number of benzene rings is 3. The van der Waals surface area contributed by atoms with Gasteiger partial charge >= 0.3 is 18.2 Å². The van der Waals surface area contributed by atoms with Gasteiger partial charge in [0.2, 0.25) is 0 Å². The predicted octanol–water partition coefficient (Wildman–Crippen LogP) is 6.13. The first-order valence-electron chi connectivity index (χ1n) is 14.2. The lowest BCUT2D eigenvalue weighted by Crippen LogP contribution is -2.40. The number of nitrogens with one attached hydrogen (secondary N) is 2. The van der Waals surface area contributed by atoms with Gasteiger partial charge in [-0.15, -0.1) is 0 Å². The zero-order valence-electron chi connectivity index (χ0n) is 24.7. The number of carboxylic acids is 1. The van der Waals surface area contributed by atoms with E-state index < -0.39 is 12.1 Å². The van der Waals surface area contributed by atoms with Crippen LogP contribution in [0.3, 0.4) is 0 Å². The molecule has 5 rings (SSSR count). The van der Waals surface area contributed by atoms with Gasteiger partial charge in [0, 0.05) is 30.5 Å². The van der Waals surface area contributed by atoms with Crippen molar-refractivity contribution >= 4 is 40.7 Å². The minimum absolute atomic E-state index is 0.157. The quantitative estimate of drug-likeness (QED) is 0.196. The number of carbonyl (C=O) groups excluding carboxylic acids is 1. The molecule has 0 saturated carbocycles. The summed E-state index contributed by atoms with van der Waals surface area (Å²) in [7, 11) is 0. The fourth-order valence-corrected chi connectivity index (χ4v) is 5.01. The van der Waals surface area contributed by atoms with Gasteiger partial charge in [-0.2, -0.15) is 18.3 Å². The number of nitrogens with zero attached hydrogens (tertiary/aromatic N) is 3. The summed E-state index contributed by atoms with van der Waals surface area (Å²) in [6.07, 6.45) is -1.73. The number of amides is 2. The lowest BCUT2D eigenvalue weighted by atomic mass is 10.1. The number of nitrogens with two attached hydrogens (primary N) is 1. The van der Waals surface area contributed by atoms with Gasteiger partial charge in [-0.05, 0) is 60.2 Å². The van der Waals surface area contributed by atoms with Crippen LogP contribution in [-0.2, 0) is 11.3 Å². The molecule has 2 heterocycles. The maximum Gasteiger partial charge on any atom is 0.490 e. The van der Waals surface area contributed by atoms with Crippen molar-refractivity contribution in [1.82, 2.24) is 9.78 Å². The van der Waals surface area contributed by atoms with Gasteiger partial charge in [-0.3, -0.25) is 4.79 Å². The molecule has 0 aliphatic carbocycles. The number of carbonyl (C=O) groups is 2. The van der Waals surface area contributed by atoms with Crippen LogP contribution in [0, 0.1) is 6.92 Å². The van der Waals surface area contributed by atoms with E-state index in [-0.39, 0.29) is 29.2 Å². The van der Waals surface area contributed by atoms with Gasteiger partial charge < -0.3 is 26.4 Å². The van der Waals surface area contributed by atoms with E-state index in [1.807, 2.05) is 79.7 Å². The van der Waals surface area contributed by atoms with Crippen molar-refractivity contribution in [3.63, 3.8) is 0 Å². The third kappa shape index (κ3) is 8.86. The Kier molecular flexibility index (Phi) is 11.0. The number of aromatic nitrogens is 2. The monoisotopic (exact) mass is 656 g/mol. The molecule has 0 radical (unpaired) electrons. The van der Waals surface area contributed by atoms with E-state index in [1.54, 1.807) is 6.20 Å². The smallest absolute Gasteiger partial charge is 0.475 e. The molecule has 5 N–H and O–H groups in total. The van der Waals surface area contributed by atoms with Crippen molar-refractivity contribution in [1.29, 1.82) is 0 Å². The van der Waals surface area contributed by atoms with Gasteiger partial charge in [0.25, 0.3) is 5.56 Å². The Hall–Kier alpha value is -4.88. The number of rotatable bonds is 6. The Bertz CT molecular complexity index is 1730.